The molecule has 0 aromatic heterocycles. The van der Waals surface area contributed by atoms with Crippen LogP contribution in [0.1, 0.15) is 49.9 Å². The molecular weight excluding hydrogens is 330 g/mol. The first kappa shape index (κ1) is 20.8. The van der Waals surface area contributed by atoms with Gasteiger partial charge in [0.05, 0.1) is 0 Å². The minimum absolute atomic E-state index is 0.0451. The molecule has 3 heteroatoms. The van der Waals surface area contributed by atoms with E-state index >= 15 is 0 Å². The van der Waals surface area contributed by atoms with Crippen molar-refractivity contribution in [3.05, 3.63) is 70.1 Å². The molecule has 0 amide bonds. The van der Waals surface area contributed by atoms with E-state index in [0.29, 0.717) is 0 Å². The molecule has 3 atom stereocenters. The van der Waals surface area contributed by atoms with Gasteiger partial charge >= 0.3 is 0 Å². The molecule has 144 valence electrons. The molecule has 0 heterocycles. The fraction of sp³-hybridized carbons (Fsp3) is 0.458. The van der Waals surface area contributed by atoms with E-state index in [2.05, 4.69) is 93.4 Å². The summed E-state index contributed by atoms with van der Waals surface area (Å²) in [6, 6.07) is 12.7. The number of benzene rings is 2. The molecule has 0 radical (unpaired) electrons. The van der Waals surface area contributed by atoms with E-state index in [1.165, 1.54) is 27.9 Å². The number of nitrogens with zero attached hydrogens (tertiary/aromatic N) is 1. The van der Waals surface area contributed by atoms with Crippen LogP contribution in [0.25, 0.3) is 4.85 Å². The van der Waals surface area contributed by atoms with Crippen LogP contribution < -0.4 is 10.6 Å². The number of aryl methyl sites for hydroxylation is 4. The number of hydrogen-bond acceptors (Lipinski definition) is 2. The lowest BCUT2D eigenvalue weighted by Crippen LogP contribution is -2.41. The minimum Gasteiger partial charge on any atom is -0.375 e. The second-order valence-corrected chi connectivity index (χ2v) is 7.41. The SMILES string of the molecule is [C-]#[N+]C(C(C)Nc1c(C)cccc1C)C(C)Nc1c(CC)cccc1CC. The molecule has 27 heavy (non-hydrogen) atoms. The fourth-order valence-electron chi connectivity index (χ4n) is 3.75. The topological polar surface area (TPSA) is 28.4 Å². The van der Waals surface area contributed by atoms with E-state index < -0.39 is 0 Å². The summed E-state index contributed by atoms with van der Waals surface area (Å²) in [4.78, 5) is 3.98. The zero-order valence-electron chi connectivity index (χ0n) is 17.6. The molecule has 0 saturated carbocycles. The Kier molecular flexibility index (Phi) is 7.30. The van der Waals surface area contributed by atoms with Crippen LogP contribution in [-0.2, 0) is 12.8 Å². The Bertz CT molecular complexity index is 761. The molecule has 0 aliphatic carbocycles. The third-order valence-electron chi connectivity index (χ3n) is 5.40. The number of rotatable bonds is 8. The van der Waals surface area contributed by atoms with E-state index in [0.717, 1.165) is 18.5 Å². The smallest absolute Gasteiger partial charge is 0.262 e. The molecule has 2 aromatic rings. The molecule has 0 aliphatic rings. The van der Waals surface area contributed by atoms with Gasteiger partial charge in [0, 0.05) is 11.4 Å². The normalized spacial score (nSPS) is 14.1. The summed E-state index contributed by atoms with van der Waals surface area (Å²) in [5.74, 6) is 0. The fourth-order valence-corrected chi connectivity index (χ4v) is 3.75. The molecule has 0 saturated heterocycles. The van der Waals surface area contributed by atoms with Crippen molar-refractivity contribution in [3.8, 4) is 0 Å². The van der Waals surface area contributed by atoms with Gasteiger partial charge < -0.3 is 15.5 Å². The van der Waals surface area contributed by atoms with Gasteiger partial charge in [-0.3, -0.25) is 0 Å². The zero-order valence-corrected chi connectivity index (χ0v) is 17.6. The van der Waals surface area contributed by atoms with Gasteiger partial charge in [-0.05, 0) is 62.8 Å². The molecule has 2 rings (SSSR count). The highest BCUT2D eigenvalue weighted by molar-refractivity contribution is 5.60. The van der Waals surface area contributed by atoms with Crippen molar-refractivity contribution in [3.63, 3.8) is 0 Å². The Morgan fingerprint density at radius 2 is 1.26 bits per heavy atom. The van der Waals surface area contributed by atoms with E-state index in [9.17, 15) is 0 Å². The first-order valence-electron chi connectivity index (χ1n) is 9.99. The van der Waals surface area contributed by atoms with Gasteiger partial charge in [-0.1, -0.05) is 50.2 Å². The highest BCUT2D eigenvalue weighted by Gasteiger charge is 2.30. The van der Waals surface area contributed by atoms with Crippen molar-refractivity contribution in [1.82, 2.24) is 0 Å². The maximum absolute atomic E-state index is 7.80. The van der Waals surface area contributed by atoms with Crippen LogP contribution in [-0.4, -0.2) is 18.1 Å². The monoisotopic (exact) mass is 363 g/mol. The lowest BCUT2D eigenvalue weighted by atomic mass is 9.98. The predicted octanol–water partition coefficient (Wildman–Crippen LogP) is 6.02. The summed E-state index contributed by atoms with van der Waals surface area (Å²) >= 11 is 0. The average molecular weight is 364 g/mol. The van der Waals surface area contributed by atoms with Crippen LogP contribution >= 0.6 is 0 Å². The average Bonchev–Trinajstić information content (AvgIpc) is 2.65. The van der Waals surface area contributed by atoms with E-state index in [1.807, 2.05) is 0 Å². The zero-order chi connectivity index (χ0) is 20.0. The number of para-hydroxylation sites is 2. The summed E-state index contributed by atoms with van der Waals surface area (Å²) in [5, 5.41) is 7.27. The van der Waals surface area contributed by atoms with E-state index in [4.69, 9.17) is 6.57 Å². The molecule has 0 aliphatic heterocycles. The largest absolute Gasteiger partial charge is 0.375 e. The molecule has 0 fully saturated rings. The Balaban J connectivity index is 2.21. The first-order valence-corrected chi connectivity index (χ1v) is 9.99. The Hall–Kier alpha value is -2.47. The second kappa shape index (κ2) is 9.46. The predicted molar refractivity (Wildman–Crippen MR) is 118 cm³/mol. The lowest BCUT2D eigenvalue weighted by Gasteiger charge is -2.26. The number of anilines is 2. The van der Waals surface area contributed by atoms with Gasteiger partial charge in [0.15, 0.2) is 0 Å². The summed E-state index contributed by atoms with van der Waals surface area (Å²) in [6.07, 6.45) is 1.98. The Morgan fingerprint density at radius 1 is 0.815 bits per heavy atom. The standard InChI is InChI=1S/C24H33N3/c1-8-20-14-11-15-21(9-2)24(20)27-19(6)23(25-7)18(5)26-22-16(3)12-10-13-17(22)4/h10-15,18-19,23,26-27H,8-9H2,1-6H3. The molecule has 3 nitrogen and oxygen atoms in total. The highest BCUT2D eigenvalue weighted by Crippen LogP contribution is 2.26. The van der Waals surface area contributed by atoms with Gasteiger partial charge in [0.1, 0.15) is 12.1 Å². The maximum Gasteiger partial charge on any atom is 0.262 e. The van der Waals surface area contributed by atoms with Crippen LogP contribution in [0.5, 0.6) is 0 Å². The van der Waals surface area contributed by atoms with Crippen molar-refractivity contribution in [1.29, 1.82) is 0 Å². The molecule has 3 unspecified atom stereocenters. The van der Waals surface area contributed by atoms with E-state index in [1.54, 1.807) is 0 Å². The summed E-state index contributed by atoms with van der Waals surface area (Å²) in [6.45, 7) is 20.6. The van der Waals surface area contributed by atoms with Crippen molar-refractivity contribution in [2.75, 3.05) is 10.6 Å². The van der Waals surface area contributed by atoms with Crippen molar-refractivity contribution < 1.29 is 0 Å². The summed E-state index contributed by atoms with van der Waals surface area (Å²) in [7, 11) is 0. The molecule has 2 aromatic carbocycles. The second-order valence-electron chi connectivity index (χ2n) is 7.41. The van der Waals surface area contributed by atoms with Crippen molar-refractivity contribution >= 4 is 11.4 Å². The number of hydrogen-bond donors (Lipinski definition) is 2. The quantitative estimate of drug-likeness (QED) is 0.562. The van der Waals surface area contributed by atoms with Crippen molar-refractivity contribution in [2.24, 2.45) is 0 Å². The van der Waals surface area contributed by atoms with Crippen LogP contribution in [0.4, 0.5) is 11.4 Å². The molecule has 2 N–H and O–H groups in total. The molecule has 0 spiro atoms. The Morgan fingerprint density at radius 3 is 1.70 bits per heavy atom. The highest BCUT2D eigenvalue weighted by atomic mass is 15.0. The Labute approximate surface area is 165 Å². The van der Waals surface area contributed by atoms with Crippen LogP contribution in [0.3, 0.4) is 0 Å². The summed E-state index contributed by atoms with van der Waals surface area (Å²) in [5.41, 5.74) is 7.43. The number of nitrogens with one attached hydrogen (secondary N) is 2. The third kappa shape index (κ3) is 4.83. The van der Waals surface area contributed by atoms with Crippen LogP contribution in [0, 0.1) is 20.4 Å². The van der Waals surface area contributed by atoms with Crippen LogP contribution in [0.15, 0.2) is 36.4 Å². The minimum atomic E-state index is -0.168. The van der Waals surface area contributed by atoms with Gasteiger partial charge in [-0.25, -0.2) is 6.57 Å². The maximum atomic E-state index is 7.80. The first-order chi connectivity index (χ1) is 12.9. The van der Waals surface area contributed by atoms with Crippen LogP contribution in [0.2, 0.25) is 0 Å². The lowest BCUT2D eigenvalue weighted by molar-refractivity contribution is 0.590. The molecule has 0 bridgehead atoms. The third-order valence-corrected chi connectivity index (χ3v) is 5.40. The van der Waals surface area contributed by atoms with Gasteiger partial charge in [-0.15, -0.1) is 0 Å². The summed E-state index contributed by atoms with van der Waals surface area (Å²) < 4.78 is 0. The van der Waals surface area contributed by atoms with Gasteiger partial charge in [0.2, 0.25) is 0 Å². The van der Waals surface area contributed by atoms with E-state index in [-0.39, 0.29) is 18.1 Å². The van der Waals surface area contributed by atoms with Gasteiger partial charge in [-0.2, -0.15) is 0 Å². The van der Waals surface area contributed by atoms with Gasteiger partial charge in [0.25, 0.3) is 6.04 Å². The van der Waals surface area contributed by atoms with Crippen molar-refractivity contribution in [2.45, 2.75) is 72.5 Å². The molecular formula is C24H33N3.